The molecule has 0 saturated heterocycles. The van der Waals surface area contributed by atoms with Crippen LogP contribution >= 0.6 is 34.2 Å². The van der Waals surface area contributed by atoms with Gasteiger partial charge in [0.05, 0.1) is 23.0 Å². The summed E-state index contributed by atoms with van der Waals surface area (Å²) < 4.78 is 3.02. The highest BCUT2D eigenvalue weighted by Gasteiger charge is 2.19. The van der Waals surface area contributed by atoms with Gasteiger partial charge in [-0.25, -0.2) is 0 Å². The second-order valence-electron chi connectivity index (χ2n) is 3.78. The van der Waals surface area contributed by atoms with Crippen LogP contribution < -0.4 is 5.32 Å². The molecule has 1 unspecified atom stereocenters. The minimum atomic E-state index is 0.0599. The zero-order valence-electron chi connectivity index (χ0n) is 9.61. The second-order valence-corrected chi connectivity index (χ2v) is 5.43. The molecule has 1 N–H and O–H groups in total. The third-order valence-electron chi connectivity index (χ3n) is 2.68. The Labute approximate surface area is 119 Å². The van der Waals surface area contributed by atoms with Crippen molar-refractivity contribution < 1.29 is 0 Å². The molecule has 1 atom stereocenters. The van der Waals surface area contributed by atoms with Crippen LogP contribution in [0.3, 0.4) is 0 Å². The molecule has 1 aromatic carbocycles. The smallest absolute Gasteiger partial charge is 0.0837 e. The van der Waals surface area contributed by atoms with Crippen LogP contribution in [0.15, 0.2) is 30.5 Å². The van der Waals surface area contributed by atoms with Crippen LogP contribution in [-0.4, -0.2) is 16.8 Å². The third kappa shape index (κ3) is 2.64. The van der Waals surface area contributed by atoms with Gasteiger partial charge in [-0.2, -0.15) is 5.10 Å². The molecule has 0 bridgehead atoms. The first kappa shape index (κ1) is 12.9. The third-order valence-corrected chi connectivity index (χ3v) is 3.64. The monoisotopic (exact) mass is 361 g/mol. The quantitative estimate of drug-likeness (QED) is 0.852. The van der Waals surface area contributed by atoms with Crippen LogP contribution in [0.1, 0.15) is 17.3 Å². The van der Waals surface area contributed by atoms with Crippen molar-refractivity contribution >= 4 is 34.2 Å². The van der Waals surface area contributed by atoms with Gasteiger partial charge in [0.1, 0.15) is 0 Å². The minimum Gasteiger partial charge on any atom is -0.308 e. The number of rotatable bonds is 3. The Hall–Kier alpha value is -0.590. The minimum absolute atomic E-state index is 0.0599. The molecule has 0 spiro atoms. The first-order valence-electron chi connectivity index (χ1n) is 5.23. The lowest BCUT2D eigenvalue weighted by Crippen LogP contribution is -2.21. The zero-order valence-corrected chi connectivity index (χ0v) is 12.5. The summed E-state index contributed by atoms with van der Waals surface area (Å²) in [6, 6.07) is 8.41. The Kier molecular flexibility index (Phi) is 4.06. The predicted molar refractivity (Wildman–Crippen MR) is 78.3 cm³/mol. The van der Waals surface area contributed by atoms with E-state index in [9.17, 15) is 0 Å². The average molecular weight is 362 g/mol. The van der Waals surface area contributed by atoms with Crippen molar-refractivity contribution in [3.8, 4) is 0 Å². The van der Waals surface area contributed by atoms with Crippen molar-refractivity contribution in [1.82, 2.24) is 15.1 Å². The van der Waals surface area contributed by atoms with E-state index >= 15 is 0 Å². The maximum Gasteiger partial charge on any atom is 0.0837 e. The van der Waals surface area contributed by atoms with E-state index in [1.165, 1.54) is 9.13 Å². The summed E-state index contributed by atoms with van der Waals surface area (Å²) in [6.07, 6.45) is 1.68. The van der Waals surface area contributed by atoms with Crippen LogP contribution in [0.4, 0.5) is 0 Å². The van der Waals surface area contributed by atoms with E-state index in [-0.39, 0.29) is 6.04 Å². The van der Waals surface area contributed by atoms with Crippen LogP contribution in [0, 0.1) is 3.57 Å². The molecule has 0 radical (unpaired) electrons. The highest BCUT2D eigenvalue weighted by atomic mass is 127. The Bertz CT molecular complexity index is 505. The number of nitrogens with one attached hydrogen (secondary N) is 1. The van der Waals surface area contributed by atoms with Crippen LogP contribution in [-0.2, 0) is 7.05 Å². The largest absolute Gasteiger partial charge is 0.308 e. The highest BCUT2D eigenvalue weighted by molar-refractivity contribution is 14.1. The summed E-state index contributed by atoms with van der Waals surface area (Å²) >= 11 is 8.49. The van der Waals surface area contributed by atoms with Crippen molar-refractivity contribution in [2.75, 3.05) is 7.05 Å². The zero-order chi connectivity index (χ0) is 12.4. The van der Waals surface area contributed by atoms with Gasteiger partial charge in [0.2, 0.25) is 0 Å². The van der Waals surface area contributed by atoms with Crippen molar-refractivity contribution in [3.63, 3.8) is 0 Å². The van der Waals surface area contributed by atoms with Gasteiger partial charge >= 0.3 is 0 Å². The van der Waals surface area contributed by atoms with Gasteiger partial charge < -0.3 is 5.32 Å². The van der Waals surface area contributed by atoms with Gasteiger partial charge in [0.15, 0.2) is 0 Å². The molecule has 5 heteroatoms. The molecule has 0 saturated carbocycles. The lowest BCUT2D eigenvalue weighted by atomic mass is 10.0. The number of nitrogens with zero attached hydrogens (tertiary/aromatic N) is 2. The Morgan fingerprint density at radius 1 is 1.47 bits per heavy atom. The molecular weight excluding hydrogens is 349 g/mol. The second kappa shape index (κ2) is 5.37. The first-order valence-corrected chi connectivity index (χ1v) is 6.69. The number of aromatic nitrogens is 2. The fourth-order valence-electron chi connectivity index (χ4n) is 1.89. The van der Waals surface area contributed by atoms with E-state index < -0.39 is 0 Å². The number of halogens is 2. The van der Waals surface area contributed by atoms with Crippen molar-refractivity contribution in [3.05, 3.63) is 50.3 Å². The lowest BCUT2D eigenvalue weighted by molar-refractivity contribution is 0.606. The van der Waals surface area contributed by atoms with Gasteiger partial charge in [-0.1, -0.05) is 23.7 Å². The van der Waals surface area contributed by atoms with Gasteiger partial charge in [-0.3, -0.25) is 4.68 Å². The molecule has 0 aliphatic rings. The number of benzene rings is 1. The molecule has 17 heavy (non-hydrogen) atoms. The maximum atomic E-state index is 6.18. The van der Waals surface area contributed by atoms with Gasteiger partial charge in [-0.15, -0.1) is 0 Å². The van der Waals surface area contributed by atoms with E-state index in [0.29, 0.717) is 5.02 Å². The van der Waals surface area contributed by atoms with Crippen molar-refractivity contribution in [1.29, 1.82) is 0 Å². The van der Waals surface area contributed by atoms with Gasteiger partial charge in [-0.05, 0) is 47.3 Å². The molecule has 1 aromatic heterocycles. The topological polar surface area (TPSA) is 29.9 Å². The summed E-state index contributed by atoms with van der Waals surface area (Å²) in [5, 5.41) is 8.14. The van der Waals surface area contributed by atoms with E-state index in [1.807, 2.05) is 24.8 Å². The first-order chi connectivity index (χ1) is 8.13. The Morgan fingerprint density at radius 2 is 2.24 bits per heavy atom. The average Bonchev–Trinajstić information content (AvgIpc) is 2.62. The number of aryl methyl sites for hydroxylation is 1. The Morgan fingerprint density at radius 3 is 2.76 bits per heavy atom. The van der Waals surface area contributed by atoms with E-state index in [4.69, 9.17) is 11.6 Å². The maximum absolute atomic E-state index is 6.18. The van der Waals surface area contributed by atoms with E-state index in [1.54, 1.807) is 6.20 Å². The standard InChI is InChI=1S/C12H13ClIN3/c1-15-11(8-4-3-5-9(14)6-8)12-10(13)7-16-17(12)2/h3-7,11,15H,1-2H3. The number of hydrogen-bond donors (Lipinski definition) is 1. The molecule has 0 aliphatic carbocycles. The molecule has 2 aromatic rings. The molecular formula is C12H13ClIN3. The summed E-state index contributed by atoms with van der Waals surface area (Å²) in [4.78, 5) is 0. The molecule has 90 valence electrons. The lowest BCUT2D eigenvalue weighted by Gasteiger charge is -2.18. The normalized spacial score (nSPS) is 12.7. The summed E-state index contributed by atoms with van der Waals surface area (Å²) in [5.74, 6) is 0. The van der Waals surface area contributed by atoms with Gasteiger partial charge in [0.25, 0.3) is 0 Å². The molecule has 0 aliphatic heterocycles. The van der Waals surface area contributed by atoms with E-state index in [2.05, 4.69) is 51.2 Å². The number of hydrogen-bond acceptors (Lipinski definition) is 2. The highest BCUT2D eigenvalue weighted by Crippen LogP contribution is 2.28. The summed E-state index contributed by atoms with van der Waals surface area (Å²) in [5.41, 5.74) is 2.17. The summed E-state index contributed by atoms with van der Waals surface area (Å²) in [6.45, 7) is 0. The molecule has 0 amide bonds. The van der Waals surface area contributed by atoms with Crippen molar-refractivity contribution in [2.45, 2.75) is 6.04 Å². The molecule has 1 heterocycles. The van der Waals surface area contributed by atoms with E-state index in [0.717, 1.165) is 5.69 Å². The van der Waals surface area contributed by atoms with Crippen LogP contribution in [0.25, 0.3) is 0 Å². The molecule has 0 fully saturated rings. The fourth-order valence-corrected chi connectivity index (χ4v) is 2.73. The Balaban J connectivity index is 2.47. The summed E-state index contributed by atoms with van der Waals surface area (Å²) in [7, 11) is 3.83. The van der Waals surface area contributed by atoms with Crippen LogP contribution in [0.5, 0.6) is 0 Å². The van der Waals surface area contributed by atoms with Crippen LogP contribution in [0.2, 0.25) is 5.02 Å². The molecule has 3 nitrogen and oxygen atoms in total. The van der Waals surface area contributed by atoms with Crippen molar-refractivity contribution in [2.24, 2.45) is 7.05 Å². The van der Waals surface area contributed by atoms with Gasteiger partial charge in [0, 0.05) is 10.6 Å². The SMILES string of the molecule is CNC(c1cccc(I)c1)c1c(Cl)cnn1C. The fraction of sp³-hybridized carbons (Fsp3) is 0.250. The predicted octanol–water partition coefficient (Wildman–Crippen LogP) is 2.99. The molecule has 2 rings (SSSR count).